The van der Waals surface area contributed by atoms with E-state index in [9.17, 15) is 4.79 Å². The number of rotatable bonds is 3. The summed E-state index contributed by atoms with van der Waals surface area (Å²) in [6, 6.07) is 9.55. The summed E-state index contributed by atoms with van der Waals surface area (Å²) >= 11 is 0. The number of benzene rings is 1. The summed E-state index contributed by atoms with van der Waals surface area (Å²) in [5.41, 5.74) is 7.95. The van der Waals surface area contributed by atoms with Crippen LogP contribution in [0.2, 0.25) is 0 Å². The highest BCUT2D eigenvalue weighted by Crippen LogP contribution is 2.33. The lowest BCUT2D eigenvalue weighted by Gasteiger charge is -2.23. The molecule has 2 aromatic rings. The largest absolute Gasteiger partial charge is 0.469 e. The molecule has 0 saturated heterocycles. The van der Waals surface area contributed by atoms with Crippen molar-refractivity contribution >= 4 is 11.6 Å². The molecule has 1 amide bonds. The highest BCUT2D eigenvalue weighted by Gasteiger charge is 2.22. The monoisotopic (exact) mass is 256 g/mol. The van der Waals surface area contributed by atoms with Crippen LogP contribution in [0.5, 0.6) is 0 Å². The van der Waals surface area contributed by atoms with Crippen molar-refractivity contribution in [2.45, 2.75) is 25.3 Å². The van der Waals surface area contributed by atoms with Crippen LogP contribution < -0.4 is 11.1 Å². The van der Waals surface area contributed by atoms with E-state index in [1.165, 1.54) is 5.56 Å². The Morgan fingerprint density at radius 1 is 1.37 bits per heavy atom. The Morgan fingerprint density at radius 2 is 2.26 bits per heavy atom. The van der Waals surface area contributed by atoms with Gasteiger partial charge in [-0.05, 0) is 37.1 Å². The number of amides is 1. The minimum atomic E-state index is -0.406. The van der Waals surface area contributed by atoms with Crippen molar-refractivity contribution < 1.29 is 9.21 Å². The maximum Gasteiger partial charge on any atom is 0.248 e. The molecule has 0 bridgehead atoms. The van der Waals surface area contributed by atoms with Gasteiger partial charge in [0.2, 0.25) is 5.91 Å². The minimum absolute atomic E-state index is 0.241. The summed E-state index contributed by atoms with van der Waals surface area (Å²) < 4.78 is 5.47. The second kappa shape index (κ2) is 4.80. The van der Waals surface area contributed by atoms with E-state index in [2.05, 4.69) is 5.32 Å². The zero-order valence-electron chi connectivity index (χ0n) is 10.6. The second-order valence-electron chi connectivity index (χ2n) is 4.83. The Labute approximate surface area is 111 Å². The number of aryl methyl sites for hydroxylation is 1. The first-order valence-electron chi connectivity index (χ1n) is 6.47. The number of carbonyl (C=O) groups is 1. The fourth-order valence-electron chi connectivity index (χ4n) is 2.60. The Balaban J connectivity index is 1.83. The van der Waals surface area contributed by atoms with E-state index in [-0.39, 0.29) is 6.04 Å². The van der Waals surface area contributed by atoms with E-state index in [1.807, 2.05) is 18.2 Å². The van der Waals surface area contributed by atoms with Crippen molar-refractivity contribution in [3.63, 3.8) is 0 Å². The number of primary amides is 1. The average molecular weight is 256 g/mol. The normalized spacial score (nSPS) is 17.8. The minimum Gasteiger partial charge on any atom is -0.469 e. The molecule has 0 spiro atoms. The zero-order chi connectivity index (χ0) is 13.2. The smallest absolute Gasteiger partial charge is 0.248 e. The van der Waals surface area contributed by atoms with Crippen molar-refractivity contribution in [1.29, 1.82) is 0 Å². The molecule has 1 heterocycles. The van der Waals surface area contributed by atoms with Crippen molar-refractivity contribution in [3.8, 4) is 0 Å². The molecule has 0 radical (unpaired) electrons. The van der Waals surface area contributed by atoms with Crippen LogP contribution in [0, 0.1) is 0 Å². The van der Waals surface area contributed by atoms with E-state index in [1.54, 1.807) is 18.4 Å². The molecular formula is C15H16N2O2. The van der Waals surface area contributed by atoms with Gasteiger partial charge >= 0.3 is 0 Å². The lowest BCUT2D eigenvalue weighted by molar-refractivity contribution is 0.100. The fraction of sp³-hybridized carbons (Fsp3) is 0.267. The molecule has 4 nitrogen and oxygen atoms in total. The molecule has 1 aromatic heterocycles. The molecular weight excluding hydrogens is 240 g/mol. The molecule has 3 N–H and O–H groups in total. The first-order chi connectivity index (χ1) is 9.24. The Morgan fingerprint density at radius 3 is 3.11 bits per heavy atom. The molecule has 1 aliphatic rings. The first kappa shape index (κ1) is 11.8. The van der Waals surface area contributed by atoms with Gasteiger partial charge in [0.15, 0.2) is 0 Å². The van der Waals surface area contributed by atoms with E-state index in [4.69, 9.17) is 10.2 Å². The van der Waals surface area contributed by atoms with Gasteiger partial charge < -0.3 is 15.5 Å². The first-order valence-corrected chi connectivity index (χ1v) is 6.47. The third kappa shape index (κ3) is 2.34. The van der Waals surface area contributed by atoms with Crippen LogP contribution in [0.3, 0.4) is 0 Å². The molecule has 1 atom stereocenters. The van der Waals surface area contributed by atoms with Gasteiger partial charge in [-0.1, -0.05) is 6.07 Å². The molecule has 19 heavy (non-hydrogen) atoms. The lowest BCUT2D eigenvalue weighted by atomic mass is 9.93. The summed E-state index contributed by atoms with van der Waals surface area (Å²) in [5.74, 6) is 0.658. The average Bonchev–Trinajstić information content (AvgIpc) is 2.88. The number of hydrogen-bond acceptors (Lipinski definition) is 3. The van der Waals surface area contributed by atoms with E-state index in [0.29, 0.717) is 5.56 Å². The lowest BCUT2D eigenvalue weighted by Crippen LogP contribution is -2.16. The summed E-state index contributed by atoms with van der Waals surface area (Å²) in [6.45, 7) is 0. The summed E-state index contributed by atoms with van der Waals surface area (Å²) in [6.07, 6.45) is 4.91. The Hall–Kier alpha value is -2.23. The molecule has 0 fully saturated rings. The molecule has 1 aromatic carbocycles. The van der Waals surface area contributed by atoms with Gasteiger partial charge in [-0.25, -0.2) is 0 Å². The van der Waals surface area contributed by atoms with Crippen molar-refractivity contribution in [2.75, 3.05) is 5.32 Å². The van der Waals surface area contributed by atoms with Gasteiger partial charge in [0.1, 0.15) is 5.76 Å². The number of fused-ring (bicyclic) bond motifs is 1. The summed E-state index contributed by atoms with van der Waals surface area (Å²) in [4.78, 5) is 11.2. The predicted molar refractivity (Wildman–Crippen MR) is 73.0 cm³/mol. The molecule has 98 valence electrons. The fourth-order valence-corrected chi connectivity index (χ4v) is 2.60. The summed E-state index contributed by atoms with van der Waals surface area (Å²) in [5, 5.41) is 3.45. The van der Waals surface area contributed by atoms with Crippen LogP contribution in [-0.2, 0) is 6.42 Å². The maximum absolute atomic E-state index is 11.2. The SMILES string of the molecule is NC(=O)c1cccc(NC2CCCc3occc32)c1. The second-order valence-corrected chi connectivity index (χ2v) is 4.83. The van der Waals surface area contributed by atoms with Gasteiger partial charge in [0, 0.05) is 23.2 Å². The number of anilines is 1. The number of hydrogen-bond donors (Lipinski definition) is 2. The van der Waals surface area contributed by atoms with Crippen LogP contribution in [0.15, 0.2) is 41.0 Å². The van der Waals surface area contributed by atoms with E-state index in [0.717, 1.165) is 30.7 Å². The molecule has 3 rings (SSSR count). The Kier molecular flexibility index (Phi) is 2.99. The molecule has 1 aliphatic carbocycles. The molecule has 0 aliphatic heterocycles. The molecule has 0 saturated carbocycles. The number of nitrogens with two attached hydrogens (primary N) is 1. The van der Waals surface area contributed by atoms with Gasteiger partial charge in [-0.3, -0.25) is 4.79 Å². The Bertz CT molecular complexity index is 604. The van der Waals surface area contributed by atoms with Gasteiger partial charge in [0.25, 0.3) is 0 Å². The predicted octanol–water partition coefficient (Wildman–Crippen LogP) is 2.87. The highest BCUT2D eigenvalue weighted by atomic mass is 16.3. The topological polar surface area (TPSA) is 68.3 Å². The zero-order valence-corrected chi connectivity index (χ0v) is 10.6. The molecule has 4 heteroatoms. The van der Waals surface area contributed by atoms with Gasteiger partial charge in [-0.2, -0.15) is 0 Å². The van der Waals surface area contributed by atoms with Crippen LogP contribution in [0.4, 0.5) is 5.69 Å². The third-order valence-corrected chi connectivity index (χ3v) is 3.54. The van der Waals surface area contributed by atoms with Crippen LogP contribution in [0.25, 0.3) is 0 Å². The number of carbonyl (C=O) groups excluding carboxylic acids is 1. The van der Waals surface area contributed by atoms with Crippen molar-refractivity contribution in [3.05, 3.63) is 53.5 Å². The highest BCUT2D eigenvalue weighted by molar-refractivity contribution is 5.93. The number of furan rings is 1. The van der Waals surface area contributed by atoms with E-state index < -0.39 is 5.91 Å². The van der Waals surface area contributed by atoms with E-state index >= 15 is 0 Å². The molecule has 1 unspecified atom stereocenters. The quantitative estimate of drug-likeness (QED) is 0.887. The van der Waals surface area contributed by atoms with Gasteiger partial charge in [0.05, 0.1) is 12.3 Å². The number of nitrogens with one attached hydrogen (secondary N) is 1. The standard InChI is InChI=1S/C15H16N2O2/c16-15(18)10-3-1-4-11(9-10)17-13-5-2-6-14-12(13)7-8-19-14/h1,3-4,7-9,13,17H,2,5-6H2,(H2,16,18). The van der Waals surface area contributed by atoms with Crippen LogP contribution in [-0.4, -0.2) is 5.91 Å². The van der Waals surface area contributed by atoms with Crippen LogP contribution >= 0.6 is 0 Å². The summed E-state index contributed by atoms with van der Waals surface area (Å²) in [7, 11) is 0. The third-order valence-electron chi connectivity index (χ3n) is 3.54. The van der Waals surface area contributed by atoms with Crippen LogP contribution in [0.1, 0.15) is 40.6 Å². The maximum atomic E-state index is 11.2. The van der Waals surface area contributed by atoms with Crippen molar-refractivity contribution in [1.82, 2.24) is 0 Å². The van der Waals surface area contributed by atoms with Crippen molar-refractivity contribution in [2.24, 2.45) is 5.73 Å². The van der Waals surface area contributed by atoms with Gasteiger partial charge in [-0.15, -0.1) is 0 Å².